The summed E-state index contributed by atoms with van der Waals surface area (Å²) in [5.41, 5.74) is 12.0. The first-order valence-electron chi connectivity index (χ1n) is 13.9. The number of fused-ring (bicyclic) bond motifs is 1. The Morgan fingerprint density at radius 2 is 1.21 bits per heavy atom. The van der Waals surface area contributed by atoms with Gasteiger partial charge in [0.15, 0.2) is 0 Å². The summed E-state index contributed by atoms with van der Waals surface area (Å²) in [4.78, 5) is 31.9. The number of halogens is 1. The van der Waals surface area contributed by atoms with E-state index in [2.05, 4.69) is 12.1 Å². The maximum Gasteiger partial charge on any atom is 0.244 e. The molecule has 5 nitrogen and oxygen atoms in total. The van der Waals surface area contributed by atoms with Gasteiger partial charge in [0.25, 0.3) is 0 Å². The van der Waals surface area contributed by atoms with Crippen molar-refractivity contribution in [1.82, 2.24) is 0 Å². The van der Waals surface area contributed by atoms with E-state index in [1.54, 1.807) is 28.0 Å². The highest BCUT2D eigenvalue weighted by Crippen LogP contribution is 2.41. The Morgan fingerprint density at radius 1 is 0.619 bits per heavy atom. The molecular formula is C36H30FN3O2. The number of carbonyl (C=O) groups is 2. The fraction of sp³-hybridized carbons (Fsp3) is 0.111. The molecule has 6 heteroatoms. The van der Waals surface area contributed by atoms with Crippen LogP contribution < -0.4 is 15.5 Å². The highest BCUT2D eigenvalue weighted by atomic mass is 19.1. The Kier molecular flexibility index (Phi) is 7.62. The molecule has 0 fully saturated rings. The minimum atomic E-state index is -1.13. The molecule has 0 aliphatic carbocycles. The molecule has 1 heterocycles. The summed E-state index contributed by atoms with van der Waals surface area (Å²) < 4.78 is 14.8. The van der Waals surface area contributed by atoms with Gasteiger partial charge in [-0.25, -0.2) is 4.39 Å². The monoisotopic (exact) mass is 555 g/mol. The van der Waals surface area contributed by atoms with Crippen LogP contribution in [0.4, 0.5) is 21.5 Å². The Labute approximate surface area is 244 Å². The summed E-state index contributed by atoms with van der Waals surface area (Å²) in [7, 11) is 0. The van der Waals surface area contributed by atoms with Gasteiger partial charge < -0.3 is 10.6 Å². The largest absolute Gasteiger partial charge is 0.326 e. The maximum absolute atomic E-state index is 14.8. The van der Waals surface area contributed by atoms with Crippen molar-refractivity contribution in [3.05, 3.63) is 150 Å². The third-order valence-electron chi connectivity index (χ3n) is 7.71. The molecule has 0 saturated carbocycles. The summed E-state index contributed by atoms with van der Waals surface area (Å²) in [5.74, 6) is -2.35. The van der Waals surface area contributed by atoms with Gasteiger partial charge in [0.05, 0.1) is 17.9 Å². The third-order valence-corrected chi connectivity index (χ3v) is 7.71. The molecule has 1 aliphatic rings. The van der Waals surface area contributed by atoms with E-state index < -0.39 is 17.6 Å². The van der Waals surface area contributed by atoms with Crippen molar-refractivity contribution >= 4 is 28.9 Å². The fourth-order valence-electron chi connectivity index (χ4n) is 5.45. The van der Waals surface area contributed by atoms with Gasteiger partial charge in [-0.1, -0.05) is 97.1 Å². The molecule has 1 unspecified atom stereocenters. The van der Waals surface area contributed by atoms with E-state index in [0.29, 0.717) is 29.2 Å². The summed E-state index contributed by atoms with van der Waals surface area (Å²) in [6, 6.07) is 39.3. The van der Waals surface area contributed by atoms with Gasteiger partial charge in [-0.05, 0) is 64.6 Å². The first-order valence-corrected chi connectivity index (χ1v) is 13.9. The van der Waals surface area contributed by atoms with E-state index in [1.165, 1.54) is 6.07 Å². The Balaban J connectivity index is 1.43. The molecule has 1 atom stereocenters. The van der Waals surface area contributed by atoms with Crippen LogP contribution in [0.25, 0.3) is 11.1 Å². The second kappa shape index (κ2) is 11.8. The number of carbonyl (C=O) groups excluding carboxylic acids is 2. The number of hydrogen-bond donors (Lipinski definition) is 1. The topological polar surface area (TPSA) is 66.6 Å². The average Bonchev–Trinajstić information content (AvgIpc) is 3.12. The highest BCUT2D eigenvalue weighted by Gasteiger charge is 2.41. The molecule has 5 aromatic rings. The SMILES string of the molecule is NCc1ccc(N2C(=O)C(Cc3ccccc3F)C(=O)N(Cc3ccc(-c4ccccc4)cc3)c3ccccc32)cc1. The summed E-state index contributed by atoms with van der Waals surface area (Å²) in [6.45, 7) is 0.627. The third kappa shape index (κ3) is 5.32. The van der Waals surface area contributed by atoms with Crippen molar-refractivity contribution in [1.29, 1.82) is 0 Å². The summed E-state index contributed by atoms with van der Waals surface area (Å²) in [5, 5.41) is 0. The second-order valence-electron chi connectivity index (χ2n) is 10.4. The smallest absolute Gasteiger partial charge is 0.244 e. The molecule has 0 spiro atoms. The van der Waals surface area contributed by atoms with Gasteiger partial charge in [-0.2, -0.15) is 0 Å². The van der Waals surface area contributed by atoms with Crippen molar-refractivity contribution < 1.29 is 14.0 Å². The van der Waals surface area contributed by atoms with E-state index in [4.69, 9.17) is 5.73 Å². The second-order valence-corrected chi connectivity index (χ2v) is 10.4. The van der Waals surface area contributed by atoms with Crippen molar-refractivity contribution in [2.24, 2.45) is 11.7 Å². The maximum atomic E-state index is 14.8. The normalized spacial score (nSPS) is 15.0. The van der Waals surface area contributed by atoms with Gasteiger partial charge in [0.1, 0.15) is 11.7 Å². The quantitative estimate of drug-likeness (QED) is 0.220. The molecule has 208 valence electrons. The molecule has 0 aromatic heterocycles. The molecular weight excluding hydrogens is 525 g/mol. The van der Waals surface area contributed by atoms with Crippen LogP contribution in [0, 0.1) is 11.7 Å². The summed E-state index contributed by atoms with van der Waals surface area (Å²) >= 11 is 0. The summed E-state index contributed by atoms with van der Waals surface area (Å²) in [6.07, 6.45) is -0.0564. The minimum Gasteiger partial charge on any atom is -0.326 e. The van der Waals surface area contributed by atoms with Gasteiger partial charge in [0.2, 0.25) is 11.8 Å². The minimum absolute atomic E-state index is 0.0564. The number of benzene rings is 5. The number of amides is 2. The predicted octanol–water partition coefficient (Wildman–Crippen LogP) is 7.02. The van der Waals surface area contributed by atoms with Gasteiger partial charge >= 0.3 is 0 Å². The zero-order valence-electron chi connectivity index (χ0n) is 23.0. The van der Waals surface area contributed by atoms with Crippen LogP contribution in [0.5, 0.6) is 0 Å². The van der Waals surface area contributed by atoms with Crippen LogP contribution in [0.3, 0.4) is 0 Å². The highest BCUT2D eigenvalue weighted by molar-refractivity contribution is 6.20. The number of para-hydroxylation sites is 2. The van der Waals surface area contributed by atoms with Crippen molar-refractivity contribution in [3.63, 3.8) is 0 Å². The van der Waals surface area contributed by atoms with Gasteiger partial charge in [-0.15, -0.1) is 0 Å². The number of hydrogen-bond acceptors (Lipinski definition) is 3. The van der Waals surface area contributed by atoms with Crippen molar-refractivity contribution in [2.45, 2.75) is 19.5 Å². The molecule has 2 N–H and O–H groups in total. The fourth-order valence-corrected chi connectivity index (χ4v) is 5.45. The lowest BCUT2D eigenvalue weighted by Crippen LogP contribution is -2.41. The first-order chi connectivity index (χ1) is 20.5. The number of anilines is 3. The van der Waals surface area contributed by atoms with Crippen LogP contribution in [-0.2, 0) is 29.1 Å². The lowest BCUT2D eigenvalue weighted by Gasteiger charge is -2.26. The van der Waals surface area contributed by atoms with E-state index >= 15 is 0 Å². The van der Waals surface area contributed by atoms with Crippen LogP contribution in [0.15, 0.2) is 127 Å². The average molecular weight is 556 g/mol. The number of nitrogens with two attached hydrogens (primary N) is 1. The van der Waals surface area contributed by atoms with Gasteiger partial charge in [-0.3, -0.25) is 14.5 Å². The van der Waals surface area contributed by atoms with Crippen LogP contribution >= 0.6 is 0 Å². The molecule has 42 heavy (non-hydrogen) atoms. The standard InChI is InChI=1S/C36H30FN3O2/c37-32-11-5-4-10-29(32)22-31-35(41)39(24-26-14-18-28(19-15-26)27-8-2-1-3-9-27)33-12-6-7-13-34(33)40(36(31)42)30-20-16-25(23-38)17-21-30/h1-21,31H,22-24,38H2. The Bertz CT molecular complexity index is 1720. The lowest BCUT2D eigenvalue weighted by molar-refractivity contribution is -0.131. The van der Waals surface area contributed by atoms with E-state index in [9.17, 15) is 14.0 Å². The molecule has 2 amide bonds. The molecule has 1 aliphatic heterocycles. The van der Waals surface area contributed by atoms with Crippen LogP contribution in [0.1, 0.15) is 16.7 Å². The molecule has 0 saturated heterocycles. The predicted molar refractivity (Wildman–Crippen MR) is 165 cm³/mol. The lowest BCUT2D eigenvalue weighted by atomic mass is 9.95. The molecule has 5 aromatic carbocycles. The number of nitrogens with zero attached hydrogens (tertiary/aromatic N) is 2. The van der Waals surface area contributed by atoms with E-state index in [0.717, 1.165) is 22.3 Å². The Hall–Kier alpha value is -5.07. The van der Waals surface area contributed by atoms with Crippen molar-refractivity contribution in [2.75, 3.05) is 9.80 Å². The van der Waals surface area contributed by atoms with E-state index in [1.807, 2.05) is 91.0 Å². The first kappa shape index (κ1) is 27.1. The zero-order chi connectivity index (χ0) is 29.1. The Morgan fingerprint density at radius 3 is 1.90 bits per heavy atom. The van der Waals surface area contributed by atoms with E-state index in [-0.39, 0.29) is 18.9 Å². The van der Waals surface area contributed by atoms with Gasteiger partial charge in [0, 0.05) is 12.2 Å². The molecule has 0 bridgehead atoms. The number of rotatable bonds is 7. The molecule has 6 rings (SSSR count). The van der Waals surface area contributed by atoms with Crippen LogP contribution in [-0.4, -0.2) is 11.8 Å². The molecule has 0 radical (unpaired) electrons. The van der Waals surface area contributed by atoms with Crippen LogP contribution in [0.2, 0.25) is 0 Å². The zero-order valence-corrected chi connectivity index (χ0v) is 23.0. The van der Waals surface area contributed by atoms with Crippen molar-refractivity contribution in [3.8, 4) is 11.1 Å².